The lowest BCUT2D eigenvalue weighted by Crippen LogP contribution is -2.48. The van der Waals surface area contributed by atoms with Crippen LogP contribution in [0.25, 0.3) is 0 Å². The number of nitrogens with zero attached hydrogens (tertiary/aromatic N) is 1. The summed E-state index contributed by atoms with van der Waals surface area (Å²) in [6.45, 7) is 5.05. The van der Waals surface area contributed by atoms with Gasteiger partial charge in [-0.3, -0.25) is 4.79 Å². The summed E-state index contributed by atoms with van der Waals surface area (Å²) in [5, 5.41) is 2.78. The Morgan fingerprint density at radius 2 is 2.00 bits per heavy atom. The Kier molecular flexibility index (Phi) is 6.04. The van der Waals surface area contributed by atoms with Crippen molar-refractivity contribution in [3.05, 3.63) is 23.8 Å². The lowest BCUT2D eigenvalue weighted by atomic mass is 10.1. The molecule has 8 nitrogen and oxygen atoms in total. The molecule has 1 aliphatic heterocycles. The molecule has 25 heavy (non-hydrogen) atoms. The van der Waals surface area contributed by atoms with E-state index in [9.17, 15) is 13.2 Å². The molecule has 1 aliphatic rings. The minimum atomic E-state index is -3.79. The number of methoxy groups -OCH3 is 1. The fraction of sp³-hybridized carbons (Fsp3) is 0.562. The Balaban J connectivity index is 2.38. The molecule has 9 heteroatoms. The standard InChI is InChI=1S/C16H25N3O5S/c1-16(2,11-17)18-15(20)12-4-5-13(23-3)14(10-12)25(21,22)19-6-8-24-9-7-19/h4-5,10H,6-9,11,17H2,1-3H3,(H,18,20). The lowest BCUT2D eigenvalue weighted by molar-refractivity contribution is 0.0729. The molecular weight excluding hydrogens is 346 g/mol. The first-order valence-electron chi connectivity index (χ1n) is 8.00. The van der Waals surface area contributed by atoms with Crippen LogP contribution in [-0.2, 0) is 14.8 Å². The lowest BCUT2D eigenvalue weighted by Gasteiger charge is -2.27. The fourth-order valence-corrected chi connectivity index (χ4v) is 3.97. The maximum atomic E-state index is 12.9. The van der Waals surface area contributed by atoms with Crippen LogP contribution in [0, 0.1) is 0 Å². The first-order valence-corrected chi connectivity index (χ1v) is 9.44. The number of nitrogens with one attached hydrogen (secondary N) is 1. The van der Waals surface area contributed by atoms with E-state index in [1.165, 1.54) is 29.6 Å². The van der Waals surface area contributed by atoms with Crippen molar-refractivity contribution in [2.24, 2.45) is 5.73 Å². The van der Waals surface area contributed by atoms with Crippen molar-refractivity contribution in [2.45, 2.75) is 24.3 Å². The van der Waals surface area contributed by atoms with Gasteiger partial charge in [0.05, 0.1) is 20.3 Å². The van der Waals surface area contributed by atoms with Gasteiger partial charge in [-0.1, -0.05) is 0 Å². The summed E-state index contributed by atoms with van der Waals surface area (Å²) in [4.78, 5) is 12.4. The first-order chi connectivity index (χ1) is 11.7. The number of ether oxygens (including phenoxy) is 2. The first kappa shape index (κ1) is 19.6. The molecule has 2 rings (SSSR count). The van der Waals surface area contributed by atoms with Crippen LogP contribution in [0.4, 0.5) is 0 Å². The van der Waals surface area contributed by atoms with E-state index in [2.05, 4.69) is 5.32 Å². The quantitative estimate of drug-likeness (QED) is 0.738. The van der Waals surface area contributed by atoms with Crippen LogP contribution in [0.15, 0.2) is 23.1 Å². The Hall–Kier alpha value is -1.68. The molecule has 1 amide bonds. The third kappa shape index (κ3) is 4.49. The van der Waals surface area contributed by atoms with Gasteiger partial charge in [-0.15, -0.1) is 0 Å². The Bertz CT molecular complexity index is 727. The zero-order chi connectivity index (χ0) is 18.7. The maximum Gasteiger partial charge on any atom is 0.251 e. The highest BCUT2D eigenvalue weighted by Gasteiger charge is 2.30. The van der Waals surface area contributed by atoms with Gasteiger partial charge in [0, 0.05) is 30.7 Å². The average molecular weight is 371 g/mol. The van der Waals surface area contributed by atoms with Gasteiger partial charge in [-0.25, -0.2) is 8.42 Å². The van der Waals surface area contributed by atoms with Crippen LogP contribution in [0.2, 0.25) is 0 Å². The molecule has 0 aromatic heterocycles. The number of amides is 1. The average Bonchev–Trinajstić information content (AvgIpc) is 2.61. The maximum absolute atomic E-state index is 12.9. The number of carbonyl (C=O) groups is 1. The van der Waals surface area contributed by atoms with E-state index < -0.39 is 21.5 Å². The van der Waals surface area contributed by atoms with E-state index >= 15 is 0 Å². The molecule has 0 atom stereocenters. The van der Waals surface area contributed by atoms with E-state index in [1.54, 1.807) is 13.8 Å². The van der Waals surface area contributed by atoms with Gasteiger partial charge in [0.15, 0.2) is 0 Å². The van der Waals surface area contributed by atoms with Gasteiger partial charge in [0.1, 0.15) is 10.6 Å². The second-order valence-electron chi connectivity index (χ2n) is 6.42. The molecule has 0 aliphatic carbocycles. The molecule has 1 aromatic carbocycles. The number of sulfonamides is 1. The number of hydrogen-bond acceptors (Lipinski definition) is 6. The van der Waals surface area contributed by atoms with Crippen LogP contribution < -0.4 is 15.8 Å². The third-order valence-corrected chi connectivity index (χ3v) is 5.90. The predicted octanol–water partition coefficient (Wildman–Crippen LogP) is 0.183. The van der Waals surface area contributed by atoms with Gasteiger partial charge in [0.2, 0.25) is 10.0 Å². The zero-order valence-corrected chi connectivity index (χ0v) is 15.6. The van der Waals surface area contributed by atoms with Crippen molar-refractivity contribution in [3.8, 4) is 5.75 Å². The number of hydrogen-bond donors (Lipinski definition) is 2. The number of carbonyl (C=O) groups excluding carboxylic acids is 1. The van der Waals surface area contributed by atoms with Crippen LogP contribution >= 0.6 is 0 Å². The van der Waals surface area contributed by atoms with Crippen LogP contribution in [0.1, 0.15) is 24.2 Å². The normalized spacial score (nSPS) is 16.5. The number of benzene rings is 1. The minimum absolute atomic E-state index is 0.0323. The molecule has 1 fully saturated rings. The zero-order valence-electron chi connectivity index (χ0n) is 14.7. The molecule has 1 aromatic rings. The van der Waals surface area contributed by atoms with Crippen molar-refractivity contribution in [2.75, 3.05) is 40.0 Å². The van der Waals surface area contributed by atoms with Gasteiger partial charge < -0.3 is 20.5 Å². The highest BCUT2D eigenvalue weighted by atomic mass is 32.2. The van der Waals surface area contributed by atoms with Crippen molar-refractivity contribution in [3.63, 3.8) is 0 Å². The van der Waals surface area contributed by atoms with Gasteiger partial charge in [0.25, 0.3) is 5.91 Å². The highest BCUT2D eigenvalue weighted by molar-refractivity contribution is 7.89. The van der Waals surface area contributed by atoms with Crippen molar-refractivity contribution >= 4 is 15.9 Å². The number of rotatable bonds is 6. The second kappa shape index (κ2) is 7.69. The summed E-state index contributed by atoms with van der Waals surface area (Å²) >= 11 is 0. The summed E-state index contributed by atoms with van der Waals surface area (Å²) in [5.74, 6) is -0.197. The largest absolute Gasteiger partial charge is 0.495 e. The summed E-state index contributed by atoms with van der Waals surface area (Å²) in [6, 6.07) is 4.35. The Morgan fingerprint density at radius 3 is 2.56 bits per heavy atom. The van der Waals surface area contributed by atoms with Crippen LogP contribution in [0.5, 0.6) is 5.75 Å². The summed E-state index contributed by atoms with van der Waals surface area (Å²) < 4.78 is 37.6. The molecule has 3 N–H and O–H groups in total. The molecule has 1 heterocycles. The summed E-state index contributed by atoms with van der Waals surface area (Å²) in [7, 11) is -2.39. The monoisotopic (exact) mass is 371 g/mol. The van der Waals surface area contributed by atoms with Crippen molar-refractivity contribution < 1.29 is 22.7 Å². The molecule has 1 saturated heterocycles. The van der Waals surface area contributed by atoms with E-state index in [0.29, 0.717) is 13.2 Å². The second-order valence-corrected chi connectivity index (χ2v) is 8.33. The number of nitrogens with two attached hydrogens (primary N) is 1. The van der Waals surface area contributed by atoms with Crippen LogP contribution in [0.3, 0.4) is 0 Å². The molecule has 0 bridgehead atoms. The third-order valence-electron chi connectivity index (χ3n) is 3.98. The van der Waals surface area contributed by atoms with E-state index in [-0.39, 0.29) is 35.8 Å². The van der Waals surface area contributed by atoms with Gasteiger partial charge in [-0.05, 0) is 32.0 Å². The molecule has 0 spiro atoms. The molecule has 0 saturated carbocycles. The van der Waals surface area contributed by atoms with Crippen molar-refractivity contribution in [1.29, 1.82) is 0 Å². The van der Waals surface area contributed by atoms with E-state index in [1.807, 2.05) is 0 Å². The van der Waals surface area contributed by atoms with Crippen molar-refractivity contribution in [1.82, 2.24) is 9.62 Å². The molecular formula is C16H25N3O5S. The Morgan fingerprint density at radius 1 is 1.36 bits per heavy atom. The minimum Gasteiger partial charge on any atom is -0.495 e. The van der Waals surface area contributed by atoms with E-state index in [4.69, 9.17) is 15.2 Å². The Labute approximate surface area is 148 Å². The highest BCUT2D eigenvalue weighted by Crippen LogP contribution is 2.28. The molecule has 140 valence electrons. The smallest absolute Gasteiger partial charge is 0.251 e. The molecule has 0 radical (unpaired) electrons. The SMILES string of the molecule is COc1ccc(C(=O)NC(C)(C)CN)cc1S(=O)(=O)N1CCOCC1. The predicted molar refractivity (Wildman–Crippen MR) is 93.2 cm³/mol. The summed E-state index contributed by atoms with van der Waals surface area (Å²) in [5.41, 5.74) is 5.26. The van der Waals surface area contributed by atoms with Gasteiger partial charge in [-0.2, -0.15) is 4.31 Å². The van der Waals surface area contributed by atoms with Crippen LogP contribution in [-0.4, -0.2) is 64.1 Å². The van der Waals surface area contributed by atoms with Gasteiger partial charge >= 0.3 is 0 Å². The van der Waals surface area contributed by atoms with E-state index in [0.717, 1.165) is 0 Å². The number of morpholine rings is 1. The molecule has 0 unspecified atom stereocenters. The summed E-state index contributed by atoms with van der Waals surface area (Å²) in [6.07, 6.45) is 0. The topological polar surface area (TPSA) is 111 Å². The fourth-order valence-electron chi connectivity index (χ4n) is 2.38.